The maximum Gasteiger partial charge on any atom is 0.216 e. The lowest BCUT2D eigenvalue weighted by molar-refractivity contribution is -0.118. The number of aromatic amines is 1. The first-order chi connectivity index (χ1) is 17.7. The molecule has 0 spiro atoms. The van der Waals surface area contributed by atoms with Gasteiger partial charge in [-0.3, -0.25) is 4.79 Å². The van der Waals surface area contributed by atoms with E-state index in [4.69, 9.17) is 26.8 Å². The van der Waals surface area contributed by atoms with Gasteiger partial charge < -0.3 is 15.2 Å². The fraction of sp³-hybridized carbons (Fsp3) is 0.400. The van der Waals surface area contributed by atoms with Crippen LogP contribution in [0.3, 0.4) is 0 Å². The van der Waals surface area contributed by atoms with Crippen LogP contribution in [-0.4, -0.2) is 35.7 Å². The predicted molar refractivity (Wildman–Crippen MR) is 151 cm³/mol. The first-order valence-corrected chi connectivity index (χ1v) is 13.2. The van der Waals surface area contributed by atoms with Crippen molar-refractivity contribution in [3.63, 3.8) is 0 Å². The molecule has 2 aromatic carbocycles. The number of aromatic nitrogens is 2. The first-order valence-electron chi connectivity index (χ1n) is 12.8. The van der Waals surface area contributed by atoms with E-state index in [-0.39, 0.29) is 17.6 Å². The van der Waals surface area contributed by atoms with Gasteiger partial charge in [-0.1, -0.05) is 56.6 Å². The molecule has 1 aliphatic heterocycles. The van der Waals surface area contributed by atoms with Gasteiger partial charge in [0.05, 0.1) is 31.4 Å². The van der Waals surface area contributed by atoms with Crippen molar-refractivity contribution in [2.45, 2.75) is 59.4 Å². The molecule has 2 unspecified atom stereocenters. The Hall–Kier alpha value is -3.09. The molecule has 3 aromatic rings. The highest BCUT2D eigenvalue weighted by molar-refractivity contribution is 6.30. The summed E-state index contributed by atoms with van der Waals surface area (Å²) >= 11 is 6.16. The zero-order valence-electron chi connectivity index (χ0n) is 22.6. The Balaban J connectivity index is 0.000000695. The third-order valence-corrected chi connectivity index (χ3v) is 6.82. The van der Waals surface area contributed by atoms with Gasteiger partial charge in [-0.2, -0.15) is 5.10 Å². The summed E-state index contributed by atoms with van der Waals surface area (Å²) in [5.74, 6) is 1.50. The maximum atomic E-state index is 13.6. The van der Waals surface area contributed by atoms with Crippen LogP contribution in [0, 0.1) is 5.92 Å². The molecule has 0 saturated carbocycles. The minimum atomic E-state index is -0.249. The number of nitrogens with one attached hydrogen (secondary N) is 1. The van der Waals surface area contributed by atoms with Gasteiger partial charge >= 0.3 is 0 Å². The summed E-state index contributed by atoms with van der Waals surface area (Å²) in [7, 11) is 1.61. The van der Waals surface area contributed by atoms with Gasteiger partial charge in [0, 0.05) is 16.6 Å². The smallest absolute Gasteiger partial charge is 0.216 e. The summed E-state index contributed by atoms with van der Waals surface area (Å²) in [6.07, 6.45) is 5.37. The Kier molecular flexibility index (Phi) is 9.95. The lowest BCUT2D eigenvalue weighted by atomic mass is 9.83. The van der Waals surface area contributed by atoms with Crippen LogP contribution in [0.1, 0.15) is 63.6 Å². The van der Waals surface area contributed by atoms with Crippen LogP contribution < -0.4 is 15.2 Å². The van der Waals surface area contributed by atoms with Crippen LogP contribution in [0.25, 0.3) is 16.7 Å². The molecule has 0 amide bonds. The number of H-pyrrole nitrogens is 1. The van der Waals surface area contributed by atoms with E-state index in [0.717, 1.165) is 45.6 Å². The molecule has 0 bridgehead atoms. The number of Topliss-reactive ketones (excluding diaryl/α,β-unsaturated/α-hetero) is 1. The lowest BCUT2D eigenvalue weighted by Gasteiger charge is -2.26. The van der Waals surface area contributed by atoms with Crippen LogP contribution in [0.4, 0.5) is 0 Å². The number of benzene rings is 2. The number of rotatable bonds is 7. The molecule has 198 valence electrons. The average molecular weight is 524 g/mol. The highest BCUT2D eigenvalue weighted by atomic mass is 35.5. The van der Waals surface area contributed by atoms with Crippen LogP contribution in [-0.2, 0) is 11.2 Å². The van der Waals surface area contributed by atoms with E-state index in [0.29, 0.717) is 30.0 Å². The maximum absolute atomic E-state index is 13.6. The van der Waals surface area contributed by atoms with Gasteiger partial charge in [0.2, 0.25) is 5.88 Å². The second-order valence-corrected chi connectivity index (χ2v) is 10.1. The monoisotopic (exact) mass is 523 g/mol. The van der Waals surface area contributed by atoms with Gasteiger partial charge in [0.15, 0.2) is 5.78 Å². The number of nitrogens with zero attached hydrogens (tertiary/aromatic N) is 1. The normalized spacial score (nSPS) is 15.8. The minimum Gasteiger partial charge on any atom is -0.493 e. The Bertz CT molecular complexity index is 1250. The SMILES string of the molecule is C/C=C(/C(=O)C1COc2ccc(Cl)cc2C1)c1ccc(-c2cn[nH]c2OC)cc1C(C)C.CCC(C)N. The summed E-state index contributed by atoms with van der Waals surface area (Å²) < 4.78 is 11.3. The van der Waals surface area contributed by atoms with E-state index in [1.54, 1.807) is 13.3 Å². The number of carbonyl (C=O) groups excluding carboxylic acids is 1. The number of carbonyl (C=O) groups is 1. The molecule has 3 N–H and O–H groups in total. The van der Waals surface area contributed by atoms with Crippen LogP contribution in [0.15, 0.2) is 48.7 Å². The molecule has 2 heterocycles. The lowest BCUT2D eigenvalue weighted by Crippen LogP contribution is -2.29. The number of halogens is 1. The molecule has 1 aliphatic rings. The molecule has 0 saturated heterocycles. The van der Waals surface area contributed by atoms with E-state index in [9.17, 15) is 4.79 Å². The summed E-state index contributed by atoms with van der Waals surface area (Å²) in [6, 6.07) is 12.1. The number of fused-ring (bicyclic) bond motifs is 1. The molecule has 1 aromatic heterocycles. The van der Waals surface area contributed by atoms with Crippen LogP contribution in [0.2, 0.25) is 5.02 Å². The summed E-state index contributed by atoms with van der Waals surface area (Å²) in [5, 5.41) is 7.61. The van der Waals surface area contributed by atoms with Gasteiger partial charge in [0.25, 0.3) is 0 Å². The number of ketones is 1. The Morgan fingerprint density at radius 3 is 2.62 bits per heavy atom. The van der Waals surface area contributed by atoms with E-state index >= 15 is 0 Å². The summed E-state index contributed by atoms with van der Waals surface area (Å²) in [6.45, 7) is 10.6. The molecule has 2 atom stereocenters. The number of hydrogen-bond donors (Lipinski definition) is 2. The number of nitrogens with two attached hydrogens (primary N) is 1. The Morgan fingerprint density at radius 2 is 2.00 bits per heavy atom. The zero-order chi connectivity index (χ0) is 27.1. The molecule has 0 radical (unpaired) electrons. The average Bonchev–Trinajstić information content (AvgIpc) is 3.38. The Morgan fingerprint density at radius 1 is 1.27 bits per heavy atom. The van der Waals surface area contributed by atoms with Gasteiger partial charge in [-0.25, -0.2) is 5.10 Å². The van der Waals surface area contributed by atoms with Gasteiger partial charge in [0.1, 0.15) is 5.75 Å². The number of methoxy groups -OCH3 is 1. The first kappa shape index (κ1) is 28.5. The predicted octanol–water partition coefficient (Wildman–Crippen LogP) is 6.83. The largest absolute Gasteiger partial charge is 0.493 e. The molecule has 37 heavy (non-hydrogen) atoms. The molecule has 0 fully saturated rings. The van der Waals surface area contributed by atoms with Crippen molar-refractivity contribution in [3.05, 3.63) is 70.4 Å². The second-order valence-electron chi connectivity index (χ2n) is 9.69. The van der Waals surface area contributed by atoms with Gasteiger partial charge in [-0.05, 0) is 73.1 Å². The summed E-state index contributed by atoms with van der Waals surface area (Å²) in [4.78, 5) is 13.6. The Labute approximate surface area is 225 Å². The van der Waals surface area contributed by atoms with Crippen molar-refractivity contribution in [3.8, 4) is 22.8 Å². The highest BCUT2D eigenvalue weighted by Gasteiger charge is 2.30. The summed E-state index contributed by atoms with van der Waals surface area (Å²) in [5.41, 5.74) is 10.9. The molecular formula is C30H38ClN3O3. The topological polar surface area (TPSA) is 90.2 Å². The van der Waals surface area contributed by atoms with Gasteiger partial charge in [-0.15, -0.1) is 0 Å². The second kappa shape index (κ2) is 12.9. The van der Waals surface area contributed by atoms with Crippen LogP contribution >= 0.6 is 11.6 Å². The zero-order valence-corrected chi connectivity index (χ0v) is 23.4. The van der Waals surface area contributed by atoms with E-state index in [2.05, 4.69) is 37.0 Å². The fourth-order valence-electron chi connectivity index (χ4n) is 4.27. The van der Waals surface area contributed by atoms with Crippen molar-refractivity contribution < 1.29 is 14.3 Å². The van der Waals surface area contributed by atoms with Crippen molar-refractivity contribution in [1.29, 1.82) is 0 Å². The minimum absolute atomic E-state index is 0.0914. The highest BCUT2D eigenvalue weighted by Crippen LogP contribution is 2.37. The molecule has 6 nitrogen and oxygen atoms in total. The van der Waals surface area contributed by atoms with E-state index in [1.165, 1.54) is 0 Å². The van der Waals surface area contributed by atoms with Crippen molar-refractivity contribution in [1.82, 2.24) is 10.2 Å². The molecule has 4 rings (SSSR count). The van der Waals surface area contributed by atoms with Crippen molar-refractivity contribution in [2.75, 3.05) is 13.7 Å². The number of allylic oxidation sites excluding steroid dienone is 2. The van der Waals surface area contributed by atoms with E-state index in [1.807, 2.05) is 50.3 Å². The third kappa shape index (κ3) is 6.82. The third-order valence-electron chi connectivity index (χ3n) is 6.58. The van der Waals surface area contributed by atoms with E-state index < -0.39 is 0 Å². The fourth-order valence-corrected chi connectivity index (χ4v) is 4.47. The molecular weight excluding hydrogens is 486 g/mol. The molecule has 7 heteroatoms. The van der Waals surface area contributed by atoms with Crippen LogP contribution in [0.5, 0.6) is 11.6 Å². The standard InChI is InChI=1S/C26H27ClN2O3.C4H11N/c1-5-20(25(30)18-10-17-11-19(27)7-9-24(17)32-14-18)21-8-6-16(12-22(21)15(2)3)23-13-28-29-26(23)31-4;1-3-4(2)5/h5-9,11-13,15,18H,10,14H2,1-4H3,(H,28,29);4H,3,5H2,1-2H3/b20-5+;. The van der Waals surface area contributed by atoms with Crippen molar-refractivity contribution >= 4 is 23.0 Å². The quantitative estimate of drug-likeness (QED) is 0.331. The number of hydrogen-bond acceptors (Lipinski definition) is 5. The number of ether oxygens (including phenoxy) is 2. The molecule has 0 aliphatic carbocycles. The van der Waals surface area contributed by atoms with Crippen molar-refractivity contribution in [2.24, 2.45) is 11.7 Å².